The maximum atomic E-state index is 11.3. The highest BCUT2D eigenvalue weighted by atomic mass is 16.2. The number of hydrogen-bond donors (Lipinski definition) is 2. The summed E-state index contributed by atoms with van der Waals surface area (Å²) in [6.07, 6.45) is 7.83. The van der Waals surface area contributed by atoms with Crippen LogP contribution in [0.3, 0.4) is 0 Å². The lowest BCUT2D eigenvalue weighted by Crippen LogP contribution is -2.31. The van der Waals surface area contributed by atoms with Crippen LogP contribution in [0.25, 0.3) is 0 Å². The van der Waals surface area contributed by atoms with Gasteiger partial charge in [-0.2, -0.15) is 5.11 Å². The maximum Gasteiger partial charge on any atom is 0.260 e. The maximum absolute atomic E-state index is 11.3. The van der Waals surface area contributed by atoms with E-state index in [1.165, 1.54) is 13.1 Å². The van der Waals surface area contributed by atoms with E-state index in [4.69, 9.17) is 11.4 Å². The number of allylic oxidation sites excluding steroid dienone is 2. The molecule has 0 saturated carbocycles. The average molecular weight is 252 g/mol. The summed E-state index contributed by atoms with van der Waals surface area (Å²) < 4.78 is 0. The summed E-state index contributed by atoms with van der Waals surface area (Å²) >= 11 is 0. The average Bonchev–Trinajstić information content (AvgIpc) is 2.33. The second kappa shape index (κ2) is 9.53. The fourth-order valence-corrected chi connectivity index (χ4v) is 1.55. The van der Waals surface area contributed by atoms with E-state index in [9.17, 15) is 4.79 Å². The van der Waals surface area contributed by atoms with E-state index in [2.05, 4.69) is 11.7 Å². The van der Waals surface area contributed by atoms with Crippen LogP contribution in [-0.4, -0.2) is 24.0 Å². The van der Waals surface area contributed by atoms with Gasteiger partial charge in [-0.05, 0) is 39.0 Å². The number of likely N-dealkylation sites (N-methyl/N-ethyl adjacent to an activating group) is 1. The minimum Gasteiger partial charge on any atom is -0.280 e. The number of nitrogens with zero attached hydrogens (tertiary/aromatic N) is 2. The molecule has 0 rings (SSSR count). The number of amides is 1. The minimum absolute atomic E-state index is 0.0407. The number of nitrogens with two attached hydrogens (primary N) is 1. The molecule has 0 saturated heterocycles. The van der Waals surface area contributed by atoms with Gasteiger partial charge in [0.15, 0.2) is 0 Å². The Morgan fingerprint density at radius 1 is 1.56 bits per heavy atom. The molecule has 0 heterocycles. The first-order valence-corrected chi connectivity index (χ1v) is 6.18. The van der Waals surface area contributed by atoms with Crippen LogP contribution < -0.4 is 5.84 Å². The molecule has 3 N–H and O–H groups in total. The molecule has 0 aliphatic carbocycles. The van der Waals surface area contributed by atoms with Crippen LogP contribution in [0.15, 0.2) is 29.4 Å². The third-order valence-corrected chi connectivity index (χ3v) is 2.72. The number of hydrazine groups is 1. The van der Waals surface area contributed by atoms with Crippen LogP contribution in [0.2, 0.25) is 0 Å². The van der Waals surface area contributed by atoms with Gasteiger partial charge in [-0.15, -0.1) is 6.58 Å². The van der Waals surface area contributed by atoms with Gasteiger partial charge in [0.2, 0.25) is 0 Å². The molecule has 5 heteroatoms. The summed E-state index contributed by atoms with van der Waals surface area (Å²) in [5.74, 6) is 5.12. The Labute approximate surface area is 109 Å². The molecule has 18 heavy (non-hydrogen) atoms. The van der Waals surface area contributed by atoms with Crippen LogP contribution in [-0.2, 0) is 4.79 Å². The first kappa shape index (κ1) is 16.5. The Morgan fingerprint density at radius 2 is 2.22 bits per heavy atom. The third-order valence-electron chi connectivity index (χ3n) is 2.72. The summed E-state index contributed by atoms with van der Waals surface area (Å²) in [6, 6.07) is 0.0407. The van der Waals surface area contributed by atoms with Crippen molar-refractivity contribution in [2.45, 2.75) is 45.1 Å². The van der Waals surface area contributed by atoms with Crippen molar-refractivity contribution < 1.29 is 4.79 Å². The van der Waals surface area contributed by atoms with Gasteiger partial charge in [0.25, 0.3) is 5.91 Å². The zero-order valence-electron chi connectivity index (χ0n) is 11.4. The van der Waals surface area contributed by atoms with E-state index >= 15 is 0 Å². The van der Waals surface area contributed by atoms with Crippen molar-refractivity contribution >= 4 is 5.91 Å². The Balaban J connectivity index is 4.07. The Bertz CT molecular complexity index is 310. The highest BCUT2D eigenvalue weighted by molar-refractivity contribution is 5.87. The molecular weight excluding hydrogens is 228 g/mol. The highest BCUT2D eigenvalue weighted by Crippen LogP contribution is 2.14. The number of carbonyl (C=O) groups is 1. The standard InChI is InChI=1S/C13H24N4O/c1-4-5-6-7-12(16-14)9-8-11(2)10-13(18)17(3)15/h4,10,12,14H,1,5-9,15H2,2-3H3/b11-10+,16-14?. The normalized spacial score (nSPS) is 12.9. The lowest BCUT2D eigenvalue weighted by atomic mass is 10.0. The summed E-state index contributed by atoms with van der Waals surface area (Å²) in [7, 11) is 1.52. The number of rotatable bonds is 9. The van der Waals surface area contributed by atoms with Crippen LogP contribution in [0.5, 0.6) is 0 Å². The van der Waals surface area contributed by atoms with Crippen molar-refractivity contribution in [3.8, 4) is 0 Å². The van der Waals surface area contributed by atoms with E-state index in [0.29, 0.717) is 0 Å². The molecule has 0 aliphatic rings. The molecule has 0 aromatic heterocycles. The SMILES string of the molecule is C=CCCCC(CC/C(C)=C/C(=O)N(C)N)N=N. The Hall–Kier alpha value is -1.49. The van der Waals surface area contributed by atoms with Gasteiger partial charge in [-0.1, -0.05) is 11.6 Å². The van der Waals surface area contributed by atoms with E-state index < -0.39 is 0 Å². The predicted octanol–water partition coefficient (Wildman–Crippen LogP) is 2.80. The largest absolute Gasteiger partial charge is 0.280 e. The smallest absolute Gasteiger partial charge is 0.260 e. The van der Waals surface area contributed by atoms with Crippen LogP contribution in [0.1, 0.15) is 39.0 Å². The van der Waals surface area contributed by atoms with Gasteiger partial charge >= 0.3 is 0 Å². The van der Waals surface area contributed by atoms with E-state index in [1.807, 2.05) is 13.0 Å². The Morgan fingerprint density at radius 3 is 2.72 bits per heavy atom. The van der Waals surface area contributed by atoms with Gasteiger partial charge in [-0.25, -0.2) is 11.4 Å². The van der Waals surface area contributed by atoms with Crippen molar-refractivity contribution in [2.24, 2.45) is 11.0 Å². The molecular formula is C13H24N4O. The van der Waals surface area contributed by atoms with Gasteiger partial charge in [0, 0.05) is 13.1 Å². The van der Waals surface area contributed by atoms with Gasteiger partial charge < -0.3 is 0 Å². The lowest BCUT2D eigenvalue weighted by molar-refractivity contribution is -0.125. The molecule has 1 amide bonds. The number of hydrogen-bond acceptors (Lipinski definition) is 4. The van der Waals surface area contributed by atoms with Crippen molar-refractivity contribution in [3.05, 3.63) is 24.3 Å². The highest BCUT2D eigenvalue weighted by Gasteiger charge is 2.07. The molecule has 0 aromatic carbocycles. The number of unbranched alkanes of at least 4 members (excludes halogenated alkanes) is 1. The monoisotopic (exact) mass is 252 g/mol. The van der Waals surface area contributed by atoms with Gasteiger partial charge in [0.05, 0.1) is 6.04 Å². The fourth-order valence-electron chi connectivity index (χ4n) is 1.55. The summed E-state index contributed by atoms with van der Waals surface area (Å²) in [4.78, 5) is 11.3. The third kappa shape index (κ3) is 7.73. The van der Waals surface area contributed by atoms with E-state index in [1.54, 1.807) is 0 Å². The zero-order chi connectivity index (χ0) is 14.0. The van der Waals surface area contributed by atoms with Crippen molar-refractivity contribution in [2.75, 3.05) is 7.05 Å². The molecule has 0 aliphatic heterocycles. The zero-order valence-corrected chi connectivity index (χ0v) is 11.4. The molecule has 1 atom stereocenters. The van der Waals surface area contributed by atoms with Crippen molar-refractivity contribution in [3.63, 3.8) is 0 Å². The summed E-state index contributed by atoms with van der Waals surface area (Å²) in [5, 5.41) is 4.67. The van der Waals surface area contributed by atoms with Crippen LogP contribution in [0, 0.1) is 5.53 Å². The summed E-state index contributed by atoms with van der Waals surface area (Å²) in [5.41, 5.74) is 8.10. The molecule has 1 unspecified atom stereocenters. The molecule has 0 aromatic rings. The second-order valence-electron chi connectivity index (χ2n) is 4.48. The molecule has 102 valence electrons. The van der Waals surface area contributed by atoms with Crippen molar-refractivity contribution in [1.29, 1.82) is 5.53 Å². The minimum atomic E-state index is -0.210. The van der Waals surface area contributed by atoms with Crippen LogP contribution >= 0.6 is 0 Å². The number of carbonyl (C=O) groups excluding carboxylic acids is 1. The van der Waals surface area contributed by atoms with Crippen molar-refractivity contribution in [1.82, 2.24) is 5.01 Å². The van der Waals surface area contributed by atoms with Gasteiger partial charge in [0.1, 0.15) is 0 Å². The summed E-state index contributed by atoms with van der Waals surface area (Å²) in [6.45, 7) is 5.56. The molecule has 0 fully saturated rings. The predicted molar refractivity (Wildman–Crippen MR) is 72.9 cm³/mol. The van der Waals surface area contributed by atoms with E-state index in [-0.39, 0.29) is 11.9 Å². The topological polar surface area (TPSA) is 82.5 Å². The quantitative estimate of drug-likeness (QED) is 0.126. The molecule has 0 spiro atoms. The molecule has 0 radical (unpaired) electrons. The van der Waals surface area contributed by atoms with Gasteiger partial charge in [-0.3, -0.25) is 9.80 Å². The molecule has 0 bridgehead atoms. The van der Waals surface area contributed by atoms with E-state index in [0.717, 1.165) is 42.7 Å². The fraction of sp³-hybridized carbons (Fsp3) is 0.615. The number of nitrogens with one attached hydrogen (secondary N) is 1. The second-order valence-corrected chi connectivity index (χ2v) is 4.48. The first-order chi connectivity index (χ1) is 8.51. The van der Waals surface area contributed by atoms with Crippen LogP contribution in [0.4, 0.5) is 0 Å². The lowest BCUT2D eigenvalue weighted by Gasteiger charge is -2.11. The first-order valence-electron chi connectivity index (χ1n) is 6.18. The Kier molecular flexibility index (Phi) is 8.74. The molecule has 5 nitrogen and oxygen atoms in total.